The van der Waals surface area contributed by atoms with Gasteiger partial charge in [0.05, 0.1) is 11.8 Å². The Morgan fingerprint density at radius 2 is 2.17 bits per heavy atom. The van der Waals surface area contributed by atoms with Crippen molar-refractivity contribution < 1.29 is 9.18 Å². The van der Waals surface area contributed by atoms with Gasteiger partial charge in [0.15, 0.2) is 0 Å². The number of halogens is 2. The highest BCUT2D eigenvalue weighted by Gasteiger charge is 2.12. The van der Waals surface area contributed by atoms with E-state index in [1.807, 2.05) is 0 Å². The highest BCUT2D eigenvalue weighted by Crippen LogP contribution is 2.17. The maximum absolute atomic E-state index is 13.0. The first-order valence-corrected chi connectivity index (χ1v) is 5.42. The van der Waals surface area contributed by atoms with Gasteiger partial charge in [-0.2, -0.15) is 0 Å². The van der Waals surface area contributed by atoms with Gasteiger partial charge in [-0.1, -0.05) is 17.7 Å². The molecular weight excluding hydrogens is 257 g/mol. The number of nitrogens with two attached hydrogens (primary N) is 1. The van der Waals surface area contributed by atoms with Crippen LogP contribution in [-0.2, 0) is 0 Å². The summed E-state index contributed by atoms with van der Waals surface area (Å²) >= 11 is 5.78. The summed E-state index contributed by atoms with van der Waals surface area (Å²) in [6, 6.07) is 7.62. The molecule has 0 aliphatic rings. The van der Waals surface area contributed by atoms with Crippen molar-refractivity contribution in [3.05, 3.63) is 52.9 Å². The summed E-state index contributed by atoms with van der Waals surface area (Å²) in [5.74, 6) is -1.20. The van der Waals surface area contributed by atoms with Crippen molar-refractivity contribution in [2.45, 2.75) is 0 Å². The van der Waals surface area contributed by atoms with Gasteiger partial charge in [0.1, 0.15) is 11.6 Å². The monoisotopic (exact) mass is 265 g/mol. The molecule has 1 aromatic carbocycles. The van der Waals surface area contributed by atoms with Gasteiger partial charge in [0.2, 0.25) is 0 Å². The fraction of sp³-hybridized carbons (Fsp3) is 0. The van der Waals surface area contributed by atoms with Gasteiger partial charge < -0.3 is 11.1 Å². The number of aromatic nitrogens is 1. The average molecular weight is 266 g/mol. The van der Waals surface area contributed by atoms with Crippen LogP contribution in [0.2, 0.25) is 5.02 Å². The zero-order valence-electron chi connectivity index (χ0n) is 9.15. The maximum Gasteiger partial charge on any atom is 0.259 e. The number of hydrogen-bond donors (Lipinski definition) is 2. The zero-order chi connectivity index (χ0) is 13.1. The van der Waals surface area contributed by atoms with Crippen molar-refractivity contribution in [3.63, 3.8) is 0 Å². The molecule has 0 fully saturated rings. The van der Waals surface area contributed by atoms with Gasteiger partial charge in [-0.05, 0) is 24.3 Å². The van der Waals surface area contributed by atoms with E-state index in [4.69, 9.17) is 17.3 Å². The Kier molecular flexibility index (Phi) is 3.43. The number of carbonyl (C=O) groups excluding carboxylic acids is 1. The molecule has 0 saturated carbocycles. The number of carbonyl (C=O) groups is 1. The summed E-state index contributed by atoms with van der Waals surface area (Å²) in [7, 11) is 0. The molecule has 18 heavy (non-hydrogen) atoms. The van der Waals surface area contributed by atoms with Gasteiger partial charge in [-0.3, -0.25) is 4.79 Å². The predicted octanol–water partition coefficient (Wildman–Crippen LogP) is 2.71. The number of nitrogen functional groups attached to an aromatic ring is 1. The Bertz CT molecular complexity index is 604. The van der Waals surface area contributed by atoms with Crippen molar-refractivity contribution in [3.8, 4) is 0 Å². The molecule has 0 spiro atoms. The molecule has 1 amide bonds. The normalized spacial score (nSPS) is 10.1. The third-order valence-electron chi connectivity index (χ3n) is 2.21. The third kappa shape index (κ3) is 2.75. The van der Waals surface area contributed by atoms with Crippen LogP contribution in [0.5, 0.6) is 0 Å². The SMILES string of the molecule is Nc1ncc(F)cc1C(=O)Nc1cccc(Cl)c1. The van der Waals surface area contributed by atoms with Crippen LogP contribution in [0.3, 0.4) is 0 Å². The van der Waals surface area contributed by atoms with Crippen molar-refractivity contribution >= 4 is 29.0 Å². The fourth-order valence-corrected chi connectivity index (χ4v) is 1.59. The maximum atomic E-state index is 13.0. The minimum atomic E-state index is -0.625. The van der Waals surface area contributed by atoms with Crippen molar-refractivity contribution in [1.82, 2.24) is 4.98 Å². The van der Waals surface area contributed by atoms with E-state index in [0.29, 0.717) is 10.7 Å². The molecule has 0 radical (unpaired) electrons. The first-order chi connectivity index (χ1) is 8.56. The molecule has 4 nitrogen and oxygen atoms in total. The second kappa shape index (κ2) is 5.01. The van der Waals surface area contributed by atoms with Gasteiger partial charge in [-0.15, -0.1) is 0 Å². The summed E-state index contributed by atoms with van der Waals surface area (Å²) in [5, 5.41) is 3.04. The van der Waals surface area contributed by atoms with Crippen LogP contribution in [0.15, 0.2) is 36.5 Å². The summed E-state index contributed by atoms with van der Waals surface area (Å²) < 4.78 is 13.0. The molecule has 0 aliphatic carbocycles. The summed E-state index contributed by atoms with van der Waals surface area (Å²) in [6.45, 7) is 0. The predicted molar refractivity (Wildman–Crippen MR) is 68.0 cm³/mol. The van der Waals surface area contributed by atoms with E-state index < -0.39 is 11.7 Å². The number of rotatable bonds is 2. The number of amides is 1. The van der Waals surface area contributed by atoms with Gasteiger partial charge in [0.25, 0.3) is 5.91 Å². The first kappa shape index (κ1) is 12.3. The van der Waals surface area contributed by atoms with Crippen LogP contribution in [0.1, 0.15) is 10.4 Å². The largest absolute Gasteiger partial charge is 0.383 e. The number of pyridine rings is 1. The van der Waals surface area contributed by atoms with Crippen LogP contribution in [0.25, 0.3) is 0 Å². The zero-order valence-corrected chi connectivity index (χ0v) is 9.91. The van der Waals surface area contributed by atoms with Crippen molar-refractivity contribution in [1.29, 1.82) is 0 Å². The van der Waals surface area contributed by atoms with E-state index in [-0.39, 0.29) is 11.4 Å². The smallest absolute Gasteiger partial charge is 0.259 e. The lowest BCUT2D eigenvalue weighted by Gasteiger charge is -2.07. The molecule has 92 valence electrons. The minimum absolute atomic E-state index is 0.0185. The quantitative estimate of drug-likeness (QED) is 0.877. The minimum Gasteiger partial charge on any atom is -0.383 e. The molecule has 2 rings (SSSR count). The van der Waals surface area contributed by atoms with E-state index in [0.717, 1.165) is 12.3 Å². The molecule has 1 aromatic heterocycles. The lowest BCUT2D eigenvalue weighted by molar-refractivity contribution is 0.102. The molecule has 2 aromatic rings. The topological polar surface area (TPSA) is 68.0 Å². The van der Waals surface area contributed by atoms with Gasteiger partial charge in [0, 0.05) is 10.7 Å². The van der Waals surface area contributed by atoms with Gasteiger partial charge >= 0.3 is 0 Å². The lowest BCUT2D eigenvalue weighted by atomic mass is 10.2. The number of hydrogen-bond acceptors (Lipinski definition) is 3. The highest BCUT2D eigenvalue weighted by atomic mass is 35.5. The Morgan fingerprint density at radius 3 is 2.89 bits per heavy atom. The first-order valence-electron chi connectivity index (χ1n) is 5.04. The van der Waals surface area contributed by atoms with E-state index in [1.54, 1.807) is 24.3 Å². The molecule has 6 heteroatoms. The van der Waals surface area contributed by atoms with Crippen LogP contribution in [0.4, 0.5) is 15.9 Å². The number of nitrogens with zero attached hydrogens (tertiary/aromatic N) is 1. The third-order valence-corrected chi connectivity index (χ3v) is 2.45. The standard InChI is InChI=1S/C12H9ClFN3O/c13-7-2-1-3-9(4-7)17-12(18)10-5-8(14)6-16-11(10)15/h1-6H,(H2,15,16)(H,17,18). The molecule has 1 heterocycles. The van der Waals surface area contributed by atoms with E-state index in [9.17, 15) is 9.18 Å². The van der Waals surface area contributed by atoms with Crippen LogP contribution < -0.4 is 11.1 Å². The Hall–Kier alpha value is -2.14. The van der Waals surface area contributed by atoms with Crippen LogP contribution in [-0.4, -0.2) is 10.9 Å². The summed E-state index contributed by atoms with van der Waals surface area (Å²) in [6.07, 6.45) is 0.950. The summed E-state index contributed by atoms with van der Waals surface area (Å²) in [5.41, 5.74) is 5.99. The van der Waals surface area contributed by atoms with E-state index >= 15 is 0 Å². The Labute approximate surface area is 108 Å². The molecule has 0 bridgehead atoms. The number of benzene rings is 1. The van der Waals surface area contributed by atoms with E-state index in [2.05, 4.69) is 10.3 Å². The Balaban J connectivity index is 2.24. The van der Waals surface area contributed by atoms with Crippen LogP contribution >= 0.6 is 11.6 Å². The fourth-order valence-electron chi connectivity index (χ4n) is 1.40. The van der Waals surface area contributed by atoms with Gasteiger partial charge in [-0.25, -0.2) is 9.37 Å². The van der Waals surface area contributed by atoms with Crippen LogP contribution in [0, 0.1) is 5.82 Å². The summed E-state index contributed by atoms with van der Waals surface area (Å²) in [4.78, 5) is 15.4. The molecular formula is C12H9ClFN3O. The lowest BCUT2D eigenvalue weighted by Crippen LogP contribution is -2.15. The highest BCUT2D eigenvalue weighted by molar-refractivity contribution is 6.31. The number of nitrogens with one attached hydrogen (secondary N) is 1. The molecule has 0 atom stereocenters. The second-order valence-corrected chi connectivity index (χ2v) is 3.99. The number of anilines is 2. The second-order valence-electron chi connectivity index (χ2n) is 3.55. The molecule has 0 saturated heterocycles. The molecule has 3 N–H and O–H groups in total. The van der Waals surface area contributed by atoms with Crippen molar-refractivity contribution in [2.24, 2.45) is 0 Å². The molecule has 0 unspecified atom stereocenters. The molecule has 0 aliphatic heterocycles. The Morgan fingerprint density at radius 1 is 1.39 bits per heavy atom. The van der Waals surface area contributed by atoms with E-state index in [1.165, 1.54) is 0 Å². The van der Waals surface area contributed by atoms with Crippen molar-refractivity contribution in [2.75, 3.05) is 11.1 Å². The average Bonchev–Trinajstić information content (AvgIpc) is 2.32.